The summed E-state index contributed by atoms with van der Waals surface area (Å²) in [6.07, 6.45) is 1.81. The summed E-state index contributed by atoms with van der Waals surface area (Å²) >= 11 is 0. The molecule has 1 unspecified atom stereocenters. The van der Waals surface area contributed by atoms with Crippen LogP contribution in [0.1, 0.15) is 13.8 Å². The minimum Gasteiger partial charge on any atom is -0.378 e. The van der Waals surface area contributed by atoms with E-state index in [0.29, 0.717) is 13.2 Å². The third-order valence-electron chi connectivity index (χ3n) is 1.48. The predicted molar refractivity (Wildman–Crippen MR) is 44.2 cm³/mol. The van der Waals surface area contributed by atoms with E-state index in [0.717, 1.165) is 5.57 Å². The van der Waals surface area contributed by atoms with Gasteiger partial charge in [0, 0.05) is 6.61 Å². The van der Waals surface area contributed by atoms with E-state index < -0.39 is 12.7 Å². The van der Waals surface area contributed by atoms with Gasteiger partial charge in [0.2, 0.25) is 0 Å². The second kappa shape index (κ2) is 6.31. The molecule has 0 aliphatic rings. The lowest BCUT2D eigenvalue weighted by Crippen LogP contribution is -2.23. The number of halogens is 1. The Morgan fingerprint density at radius 3 is 2.82 bits per heavy atom. The summed E-state index contributed by atoms with van der Waals surface area (Å²) in [6.45, 7) is 4.42. The number of rotatable bonds is 5. The molecule has 0 aliphatic heterocycles. The second-order valence-electron chi connectivity index (χ2n) is 2.37. The molecule has 0 radical (unpaired) electrons. The summed E-state index contributed by atoms with van der Waals surface area (Å²) in [5, 5.41) is 0. The first-order valence-electron chi connectivity index (χ1n) is 3.78. The van der Waals surface area contributed by atoms with Gasteiger partial charge in [0.25, 0.3) is 0 Å². The summed E-state index contributed by atoms with van der Waals surface area (Å²) in [4.78, 5) is 0. The van der Waals surface area contributed by atoms with E-state index in [2.05, 4.69) is 0 Å². The maximum absolute atomic E-state index is 11.9. The molecule has 0 aromatic heterocycles. The number of hydrogen-bond acceptors (Lipinski definition) is 2. The van der Waals surface area contributed by atoms with Crippen molar-refractivity contribution in [1.29, 1.82) is 0 Å². The van der Waals surface area contributed by atoms with E-state index >= 15 is 0 Å². The van der Waals surface area contributed by atoms with Crippen molar-refractivity contribution >= 4 is 0 Å². The van der Waals surface area contributed by atoms with Gasteiger partial charge in [0.1, 0.15) is 6.67 Å². The van der Waals surface area contributed by atoms with Crippen LogP contribution in [0.5, 0.6) is 0 Å². The Labute approximate surface area is 67.2 Å². The SMILES string of the molecule is CCOC/C=C(\C)C(N)CF. The van der Waals surface area contributed by atoms with Crippen molar-refractivity contribution in [3.05, 3.63) is 11.6 Å². The van der Waals surface area contributed by atoms with Crippen LogP contribution in [0.2, 0.25) is 0 Å². The van der Waals surface area contributed by atoms with Crippen LogP contribution in [0.15, 0.2) is 11.6 Å². The highest BCUT2D eigenvalue weighted by Gasteiger charge is 2.01. The lowest BCUT2D eigenvalue weighted by Gasteiger charge is -2.06. The van der Waals surface area contributed by atoms with E-state index in [1.165, 1.54) is 0 Å². The molecule has 0 aliphatic carbocycles. The normalized spacial score (nSPS) is 15.1. The molecule has 1 atom stereocenters. The fraction of sp³-hybridized carbons (Fsp3) is 0.750. The van der Waals surface area contributed by atoms with Gasteiger partial charge >= 0.3 is 0 Å². The lowest BCUT2D eigenvalue weighted by atomic mass is 10.1. The van der Waals surface area contributed by atoms with Crippen LogP contribution >= 0.6 is 0 Å². The largest absolute Gasteiger partial charge is 0.378 e. The van der Waals surface area contributed by atoms with Crippen LogP contribution in [0.3, 0.4) is 0 Å². The summed E-state index contributed by atoms with van der Waals surface area (Å²) in [7, 11) is 0. The van der Waals surface area contributed by atoms with Crippen LogP contribution < -0.4 is 5.73 Å². The van der Waals surface area contributed by atoms with Crippen molar-refractivity contribution in [2.45, 2.75) is 19.9 Å². The van der Waals surface area contributed by atoms with Gasteiger partial charge in [-0.25, -0.2) is 4.39 Å². The Balaban J connectivity index is 3.61. The molecule has 2 nitrogen and oxygen atoms in total. The van der Waals surface area contributed by atoms with E-state index in [9.17, 15) is 4.39 Å². The van der Waals surface area contributed by atoms with Crippen molar-refractivity contribution in [2.24, 2.45) is 5.73 Å². The minimum absolute atomic E-state index is 0.463. The fourth-order valence-electron chi connectivity index (χ4n) is 0.581. The Kier molecular flexibility index (Phi) is 6.07. The smallest absolute Gasteiger partial charge is 0.108 e. The highest BCUT2D eigenvalue weighted by Crippen LogP contribution is 1.98. The average molecular weight is 161 g/mol. The van der Waals surface area contributed by atoms with Crippen LogP contribution in [0.25, 0.3) is 0 Å². The van der Waals surface area contributed by atoms with Gasteiger partial charge in [-0.05, 0) is 13.8 Å². The van der Waals surface area contributed by atoms with Gasteiger partial charge in [-0.15, -0.1) is 0 Å². The number of nitrogens with two attached hydrogens (primary N) is 1. The van der Waals surface area contributed by atoms with Gasteiger partial charge in [0.05, 0.1) is 12.6 Å². The molecular formula is C8H16FNO. The molecule has 0 rings (SSSR count). The summed E-state index contributed by atoms with van der Waals surface area (Å²) in [5.74, 6) is 0. The molecule has 0 aromatic carbocycles. The van der Waals surface area contributed by atoms with Crippen molar-refractivity contribution in [2.75, 3.05) is 19.9 Å². The maximum atomic E-state index is 11.9. The van der Waals surface area contributed by atoms with Crippen molar-refractivity contribution in [1.82, 2.24) is 0 Å². The van der Waals surface area contributed by atoms with Gasteiger partial charge in [-0.2, -0.15) is 0 Å². The van der Waals surface area contributed by atoms with E-state index in [1.807, 2.05) is 19.9 Å². The zero-order valence-electron chi connectivity index (χ0n) is 7.14. The van der Waals surface area contributed by atoms with E-state index in [1.54, 1.807) is 0 Å². The molecule has 11 heavy (non-hydrogen) atoms. The molecule has 2 N–H and O–H groups in total. The molecule has 0 bridgehead atoms. The van der Waals surface area contributed by atoms with Crippen LogP contribution in [0.4, 0.5) is 4.39 Å². The first kappa shape index (κ1) is 10.6. The van der Waals surface area contributed by atoms with Crippen molar-refractivity contribution in [3.8, 4) is 0 Å². The van der Waals surface area contributed by atoms with Gasteiger partial charge in [-0.1, -0.05) is 11.6 Å². The Morgan fingerprint density at radius 1 is 1.73 bits per heavy atom. The van der Waals surface area contributed by atoms with Crippen LogP contribution in [-0.4, -0.2) is 25.9 Å². The third-order valence-corrected chi connectivity index (χ3v) is 1.48. The highest BCUT2D eigenvalue weighted by molar-refractivity contribution is 5.06. The van der Waals surface area contributed by atoms with Gasteiger partial charge < -0.3 is 10.5 Å². The standard InChI is InChI=1S/C8H16FNO/c1-3-11-5-4-7(2)8(10)6-9/h4,8H,3,5-6,10H2,1-2H3/b7-4+. The Bertz CT molecular complexity index is 125. The van der Waals surface area contributed by atoms with Gasteiger partial charge in [-0.3, -0.25) is 0 Å². The third kappa shape index (κ3) is 4.93. The van der Waals surface area contributed by atoms with Crippen molar-refractivity contribution in [3.63, 3.8) is 0 Å². The Morgan fingerprint density at radius 2 is 2.36 bits per heavy atom. The molecule has 0 saturated carbocycles. The molecule has 3 heteroatoms. The predicted octanol–water partition coefficient (Wildman–Crippen LogP) is 1.27. The van der Waals surface area contributed by atoms with Gasteiger partial charge in [0.15, 0.2) is 0 Å². The topological polar surface area (TPSA) is 35.2 Å². The lowest BCUT2D eigenvalue weighted by molar-refractivity contribution is 0.177. The van der Waals surface area contributed by atoms with Crippen LogP contribution in [0, 0.1) is 0 Å². The zero-order valence-corrected chi connectivity index (χ0v) is 7.14. The second-order valence-corrected chi connectivity index (χ2v) is 2.37. The summed E-state index contributed by atoms with van der Waals surface area (Å²) in [6, 6.07) is -0.463. The monoisotopic (exact) mass is 161 g/mol. The molecule has 0 saturated heterocycles. The Hall–Kier alpha value is -0.410. The number of hydrogen-bond donors (Lipinski definition) is 1. The maximum Gasteiger partial charge on any atom is 0.108 e. The summed E-state index contributed by atoms with van der Waals surface area (Å²) < 4.78 is 17.0. The molecule has 0 fully saturated rings. The zero-order chi connectivity index (χ0) is 8.69. The minimum atomic E-state index is -0.505. The van der Waals surface area contributed by atoms with E-state index in [4.69, 9.17) is 10.5 Å². The quantitative estimate of drug-likeness (QED) is 0.486. The molecule has 0 spiro atoms. The number of ether oxygens (including phenoxy) is 1. The van der Waals surface area contributed by atoms with Crippen molar-refractivity contribution < 1.29 is 9.13 Å². The molecule has 66 valence electrons. The molecule has 0 amide bonds. The first-order chi connectivity index (χ1) is 5.22. The molecule has 0 heterocycles. The molecule has 0 aromatic rings. The molecular weight excluding hydrogens is 145 g/mol. The average Bonchev–Trinajstić information content (AvgIpc) is 2.03. The van der Waals surface area contributed by atoms with Crippen LogP contribution in [-0.2, 0) is 4.74 Å². The fourth-order valence-corrected chi connectivity index (χ4v) is 0.581. The highest BCUT2D eigenvalue weighted by atomic mass is 19.1. The first-order valence-corrected chi connectivity index (χ1v) is 3.78. The van der Waals surface area contributed by atoms with E-state index in [-0.39, 0.29) is 0 Å². The number of alkyl halides is 1. The summed E-state index contributed by atoms with van der Waals surface area (Å²) in [5.41, 5.74) is 6.25.